The fraction of sp³-hybridized carbons (Fsp3) is 0.562. The predicted octanol–water partition coefficient (Wildman–Crippen LogP) is 3.43. The Morgan fingerprint density at radius 2 is 2.14 bits per heavy atom. The van der Waals surface area contributed by atoms with E-state index >= 15 is 0 Å². The molecule has 1 fully saturated rings. The maximum Gasteiger partial charge on any atom is 0.224 e. The summed E-state index contributed by atoms with van der Waals surface area (Å²) < 4.78 is 0. The zero-order valence-electron chi connectivity index (χ0n) is 12.5. The maximum absolute atomic E-state index is 12.0. The molecule has 1 amide bonds. The van der Waals surface area contributed by atoms with Gasteiger partial charge in [0.25, 0.3) is 0 Å². The normalized spacial score (nSPS) is 21.0. The summed E-state index contributed by atoms with van der Waals surface area (Å²) in [5.41, 5.74) is 1.09. The van der Waals surface area contributed by atoms with Gasteiger partial charge in [0.15, 0.2) is 0 Å². The summed E-state index contributed by atoms with van der Waals surface area (Å²) in [6.07, 6.45) is 2.71. The van der Waals surface area contributed by atoms with E-state index in [0.717, 1.165) is 12.1 Å². The fourth-order valence-corrected chi connectivity index (χ4v) is 3.05. The van der Waals surface area contributed by atoms with Crippen LogP contribution in [-0.4, -0.2) is 25.0 Å². The molecule has 2 N–H and O–H groups in total. The number of amides is 1. The Balaban J connectivity index is 1.85. The number of hydrogen-bond donors (Lipinski definition) is 2. The summed E-state index contributed by atoms with van der Waals surface area (Å²) in [6.45, 7) is 6.17. The van der Waals surface area contributed by atoms with Gasteiger partial charge in [-0.3, -0.25) is 4.79 Å². The molecule has 5 heteroatoms. The number of rotatable bonds is 4. The Labute approximate surface area is 136 Å². The lowest BCUT2D eigenvalue weighted by Gasteiger charge is -2.39. The molecule has 1 saturated heterocycles. The number of carbonyl (C=O) groups is 1. The first-order valence-electron chi connectivity index (χ1n) is 7.32. The van der Waals surface area contributed by atoms with Crippen molar-refractivity contribution in [2.45, 2.75) is 39.2 Å². The Kier molecular flexibility index (Phi) is 5.53. The summed E-state index contributed by atoms with van der Waals surface area (Å²) in [5, 5.41) is 7.50. The molecular formula is C16H22Cl2N2O. The molecule has 1 aromatic rings. The largest absolute Gasteiger partial charge is 0.354 e. The second kappa shape index (κ2) is 6.99. The molecule has 1 unspecified atom stereocenters. The highest BCUT2D eigenvalue weighted by Crippen LogP contribution is 2.29. The van der Waals surface area contributed by atoms with Gasteiger partial charge in [-0.05, 0) is 42.5 Å². The quantitative estimate of drug-likeness (QED) is 0.889. The number of benzene rings is 1. The third kappa shape index (κ3) is 4.60. The lowest BCUT2D eigenvalue weighted by Crippen LogP contribution is -2.52. The van der Waals surface area contributed by atoms with Crippen LogP contribution in [0.25, 0.3) is 0 Å². The Bertz CT molecular complexity index is 517. The van der Waals surface area contributed by atoms with E-state index in [2.05, 4.69) is 24.5 Å². The van der Waals surface area contributed by atoms with E-state index in [-0.39, 0.29) is 11.3 Å². The van der Waals surface area contributed by atoms with Gasteiger partial charge in [-0.1, -0.05) is 43.1 Å². The molecule has 1 heterocycles. The lowest BCUT2D eigenvalue weighted by atomic mass is 9.77. The van der Waals surface area contributed by atoms with Crippen molar-refractivity contribution >= 4 is 29.1 Å². The second-order valence-electron chi connectivity index (χ2n) is 6.33. The van der Waals surface area contributed by atoms with Gasteiger partial charge in [0.05, 0.1) is 16.5 Å². The van der Waals surface area contributed by atoms with E-state index in [1.54, 1.807) is 12.1 Å². The maximum atomic E-state index is 12.0. The van der Waals surface area contributed by atoms with Gasteiger partial charge >= 0.3 is 0 Å². The fourth-order valence-electron chi connectivity index (χ4n) is 2.73. The number of nitrogens with one attached hydrogen (secondary N) is 2. The molecule has 0 bridgehead atoms. The van der Waals surface area contributed by atoms with Crippen LogP contribution in [0.2, 0.25) is 10.0 Å². The van der Waals surface area contributed by atoms with Gasteiger partial charge < -0.3 is 10.6 Å². The number of halogens is 2. The highest BCUT2D eigenvalue weighted by Gasteiger charge is 2.31. The Morgan fingerprint density at radius 3 is 2.81 bits per heavy atom. The lowest BCUT2D eigenvalue weighted by molar-refractivity contribution is -0.120. The predicted molar refractivity (Wildman–Crippen MR) is 88.0 cm³/mol. The van der Waals surface area contributed by atoms with E-state index in [4.69, 9.17) is 23.2 Å². The Morgan fingerprint density at radius 1 is 1.38 bits per heavy atom. The van der Waals surface area contributed by atoms with Crippen LogP contribution in [-0.2, 0) is 11.2 Å². The molecule has 1 aliphatic heterocycles. The topological polar surface area (TPSA) is 41.1 Å². The summed E-state index contributed by atoms with van der Waals surface area (Å²) in [6, 6.07) is 5.62. The minimum Gasteiger partial charge on any atom is -0.354 e. The van der Waals surface area contributed by atoms with Crippen molar-refractivity contribution in [3.63, 3.8) is 0 Å². The first kappa shape index (κ1) is 16.6. The molecule has 1 aliphatic rings. The SMILES string of the molecule is CC1(C)CCCNC1CNC(=O)Cc1ccc(Cl)c(Cl)c1. The molecular weight excluding hydrogens is 307 g/mol. The standard InChI is InChI=1S/C16H22Cl2N2O/c1-16(2)6-3-7-19-14(16)10-20-15(21)9-11-4-5-12(17)13(18)8-11/h4-5,8,14,19H,3,6-7,9-10H2,1-2H3,(H,20,21). The summed E-state index contributed by atoms with van der Waals surface area (Å²) >= 11 is 11.8. The average Bonchev–Trinajstić information content (AvgIpc) is 2.41. The molecule has 0 aromatic heterocycles. The molecule has 0 saturated carbocycles. The van der Waals surface area contributed by atoms with Crippen LogP contribution < -0.4 is 10.6 Å². The van der Waals surface area contributed by atoms with Crippen molar-refractivity contribution in [2.24, 2.45) is 5.41 Å². The highest BCUT2D eigenvalue weighted by atomic mass is 35.5. The third-order valence-electron chi connectivity index (χ3n) is 4.18. The van der Waals surface area contributed by atoms with Crippen LogP contribution >= 0.6 is 23.2 Å². The first-order valence-corrected chi connectivity index (χ1v) is 8.08. The van der Waals surface area contributed by atoms with Crippen molar-refractivity contribution in [3.05, 3.63) is 33.8 Å². The van der Waals surface area contributed by atoms with Crippen molar-refractivity contribution in [3.8, 4) is 0 Å². The zero-order chi connectivity index (χ0) is 15.5. The molecule has 3 nitrogen and oxygen atoms in total. The van der Waals surface area contributed by atoms with Crippen LogP contribution in [0.15, 0.2) is 18.2 Å². The van der Waals surface area contributed by atoms with E-state index in [0.29, 0.717) is 29.1 Å². The summed E-state index contributed by atoms with van der Waals surface area (Å²) in [5.74, 6) is 0.0107. The van der Waals surface area contributed by atoms with E-state index in [9.17, 15) is 4.79 Å². The first-order chi connectivity index (χ1) is 9.88. The highest BCUT2D eigenvalue weighted by molar-refractivity contribution is 6.42. The number of carbonyl (C=O) groups excluding carboxylic acids is 1. The molecule has 1 atom stereocenters. The van der Waals surface area contributed by atoms with Crippen LogP contribution in [0, 0.1) is 5.41 Å². The Hall–Kier alpha value is -0.770. The molecule has 2 rings (SSSR count). The smallest absolute Gasteiger partial charge is 0.224 e. The second-order valence-corrected chi connectivity index (χ2v) is 7.14. The zero-order valence-corrected chi connectivity index (χ0v) is 14.0. The van der Waals surface area contributed by atoms with Crippen LogP contribution in [0.4, 0.5) is 0 Å². The monoisotopic (exact) mass is 328 g/mol. The van der Waals surface area contributed by atoms with E-state index in [1.165, 1.54) is 12.8 Å². The van der Waals surface area contributed by atoms with Crippen LogP contribution in [0.5, 0.6) is 0 Å². The van der Waals surface area contributed by atoms with Crippen LogP contribution in [0.3, 0.4) is 0 Å². The molecule has 0 radical (unpaired) electrons. The molecule has 1 aromatic carbocycles. The van der Waals surface area contributed by atoms with Crippen LogP contribution in [0.1, 0.15) is 32.3 Å². The van der Waals surface area contributed by atoms with Crippen molar-refractivity contribution in [1.82, 2.24) is 10.6 Å². The summed E-state index contributed by atoms with van der Waals surface area (Å²) in [7, 11) is 0. The van der Waals surface area contributed by atoms with Crippen molar-refractivity contribution in [2.75, 3.05) is 13.1 Å². The van der Waals surface area contributed by atoms with Gasteiger partial charge in [-0.25, -0.2) is 0 Å². The van der Waals surface area contributed by atoms with Crippen molar-refractivity contribution < 1.29 is 4.79 Å². The van der Waals surface area contributed by atoms with Gasteiger partial charge in [0, 0.05) is 12.6 Å². The van der Waals surface area contributed by atoms with E-state index < -0.39 is 0 Å². The summed E-state index contributed by atoms with van der Waals surface area (Å²) in [4.78, 5) is 12.0. The molecule has 21 heavy (non-hydrogen) atoms. The minimum absolute atomic E-state index is 0.0107. The molecule has 0 spiro atoms. The number of piperidine rings is 1. The number of hydrogen-bond acceptors (Lipinski definition) is 2. The van der Waals surface area contributed by atoms with E-state index in [1.807, 2.05) is 6.07 Å². The van der Waals surface area contributed by atoms with Gasteiger partial charge in [-0.2, -0.15) is 0 Å². The van der Waals surface area contributed by atoms with Gasteiger partial charge in [-0.15, -0.1) is 0 Å². The van der Waals surface area contributed by atoms with Gasteiger partial charge in [0.2, 0.25) is 5.91 Å². The van der Waals surface area contributed by atoms with Crippen molar-refractivity contribution in [1.29, 1.82) is 0 Å². The third-order valence-corrected chi connectivity index (χ3v) is 4.92. The average molecular weight is 329 g/mol. The molecule has 116 valence electrons. The molecule has 0 aliphatic carbocycles. The van der Waals surface area contributed by atoms with Gasteiger partial charge in [0.1, 0.15) is 0 Å². The minimum atomic E-state index is 0.0107.